The van der Waals surface area contributed by atoms with Crippen molar-refractivity contribution in [3.05, 3.63) is 36.3 Å². The lowest BCUT2D eigenvalue weighted by Gasteiger charge is -2.04. The highest BCUT2D eigenvalue weighted by Gasteiger charge is 1.99. The number of aryl methyl sites for hydroxylation is 2. The van der Waals surface area contributed by atoms with Crippen LogP contribution in [0, 0.1) is 11.3 Å². The van der Waals surface area contributed by atoms with E-state index in [9.17, 15) is 0 Å². The highest BCUT2D eigenvalue weighted by atomic mass is 15.3. The van der Waals surface area contributed by atoms with Crippen molar-refractivity contribution in [3.8, 4) is 6.07 Å². The molecule has 0 radical (unpaired) electrons. The van der Waals surface area contributed by atoms with Crippen molar-refractivity contribution in [2.75, 3.05) is 5.73 Å². The first-order chi connectivity index (χ1) is 7.79. The molecule has 0 aliphatic heterocycles. The van der Waals surface area contributed by atoms with Gasteiger partial charge in [0.2, 0.25) is 0 Å². The summed E-state index contributed by atoms with van der Waals surface area (Å²) in [5, 5.41) is 12.9. The second kappa shape index (κ2) is 4.53. The molecule has 0 aliphatic carbocycles. The van der Waals surface area contributed by atoms with Crippen molar-refractivity contribution in [1.82, 2.24) is 14.3 Å². The van der Waals surface area contributed by atoms with E-state index in [1.165, 1.54) is 0 Å². The van der Waals surface area contributed by atoms with Crippen LogP contribution in [0.3, 0.4) is 0 Å². The van der Waals surface area contributed by atoms with E-state index in [1.54, 1.807) is 6.07 Å². The van der Waals surface area contributed by atoms with Crippen LogP contribution in [0.25, 0.3) is 0 Å². The van der Waals surface area contributed by atoms with Gasteiger partial charge in [0.15, 0.2) is 0 Å². The Kier molecular flexibility index (Phi) is 2.92. The third-order valence-electron chi connectivity index (χ3n) is 2.39. The minimum absolute atomic E-state index is 0.540. The van der Waals surface area contributed by atoms with Crippen LogP contribution in [-0.4, -0.2) is 14.3 Å². The molecule has 2 aromatic rings. The van der Waals surface area contributed by atoms with Crippen LogP contribution >= 0.6 is 0 Å². The maximum absolute atomic E-state index is 8.82. The number of nitrogens with two attached hydrogens (primary N) is 1. The molecular formula is C11H13N5. The first-order valence-corrected chi connectivity index (χ1v) is 5.14. The van der Waals surface area contributed by atoms with Crippen LogP contribution in [0.1, 0.15) is 12.1 Å². The number of rotatable bonds is 4. The molecule has 0 saturated carbocycles. The Labute approximate surface area is 93.7 Å². The number of aromatic nitrogens is 3. The summed E-state index contributed by atoms with van der Waals surface area (Å²) in [7, 11) is 0. The second-order valence-corrected chi connectivity index (χ2v) is 3.56. The van der Waals surface area contributed by atoms with Gasteiger partial charge in [0.25, 0.3) is 0 Å². The van der Waals surface area contributed by atoms with E-state index in [1.807, 2.05) is 33.8 Å². The third-order valence-corrected chi connectivity index (χ3v) is 2.39. The van der Waals surface area contributed by atoms with Crippen LogP contribution in [0.4, 0.5) is 5.82 Å². The molecule has 2 N–H and O–H groups in total. The van der Waals surface area contributed by atoms with E-state index in [4.69, 9.17) is 11.0 Å². The fraction of sp³-hybridized carbons (Fsp3) is 0.273. The lowest BCUT2D eigenvalue weighted by atomic mass is 10.4. The van der Waals surface area contributed by atoms with Crippen LogP contribution in [-0.2, 0) is 13.1 Å². The molecule has 0 amide bonds. The maximum atomic E-state index is 8.82. The Morgan fingerprint density at radius 2 is 2.19 bits per heavy atom. The van der Waals surface area contributed by atoms with Gasteiger partial charge in [0.1, 0.15) is 17.6 Å². The fourth-order valence-corrected chi connectivity index (χ4v) is 1.62. The third kappa shape index (κ3) is 2.23. The average molecular weight is 215 g/mol. The van der Waals surface area contributed by atoms with Gasteiger partial charge in [-0.1, -0.05) is 0 Å². The number of nitrogens with zero attached hydrogens (tertiary/aromatic N) is 4. The molecule has 0 saturated heterocycles. The summed E-state index contributed by atoms with van der Waals surface area (Å²) < 4.78 is 3.75. The van der Waals surface area contributed by atoms with Crippen LogP contribution < -0.4 is 5.73 Å². The lowest BCUT2D eigenvalue weighted by molar-refractivity contribution is 0.527. The molecule has 0 aliphatic rings. The highest BCUT2D eigenvalue weighted by molar-refractivity contribution is 5.23. The summed E-state index contributed by atoms with van der Waals surface area (Å²) in [6.45, 7) is 1.62. The molecule has 0 fully saturated rings. The minimum Gasteiger partial charge on any atom is -0.382 e. The predicted octanol–water partition coefficient (Wildman–Crippen LogP) is 1.23. The van der Waals surface area contributed by atoms with Crippen molar-refractivity contribution in [2.45, 2.75) is 19.5 Å². The molecule has 0 aromatic carbocycles. The van der Waals surface area contributed by atoms with Gasteiger partial charge in [-0.3, -0.25) is 4.68 Å². The number of hydrogen-bond donors (Lipinski definition) is 1. The van der Waals surface area contributed by atoms with Crippen molar-refractivity contribution in [1.29, 1.82) is 5.26 Å². The summed E-state index contributed by atoms with van der Waals surface area (Å²) in [4.78, 5) is 0. The van der Waals surface area contributed by atoms with Crippen LogP contribution in [0.15, 0.2) is 30.6 Å². The van der Waals surface area contributed by atoms with Crippen LogP contribution in [0.2, 0.25) is 0 Å². The van der Waals surface area contributed by atoms with E-state index in [0.29, 0.717) is 11.5 Å². The van der Waals surface area contributed by atoms with Gasteiger partial charge in [-0.2, -0.15) is 10.4 Å². The maximum Gasteiger partial charge on any atom is 0.145 e. The molecule has 82 valence electrons. The van der Waals surface area contributed by atoms with Gasteiger partial charge < -0.3 is 10.3 Å². The standard InChI is InChI=1S/C11H13N5/c12-9-10-3-1-5-15(10)6-2-7-16-8-4-11(13)14-16/h1,3-5,8H,2,6-7H2,(H2,13,14). The topological polar surface area (TPSA) is 72.6 Å². The molecular weight excluding hydrogens is 202 g/mol. The van der Waals surface area contributed by atoms with E-state index in [2.05, 4.69) is 11.2 Å². The molecule has 0 spiro atoms. The summed E-state index contributed by atoms with van der Waals surface area (Å²) in [6, 6.07) is 7.61. The Morgan fingerprint density at radius 3 is 2.88 bits per heavy atom. The molecule has 2 aromatic heterocycles. The summed E-state index contributed by atoms with van der Waals surface area (Å²) in [5.74, 6) is 0.540. The number of nitriles is 1. The SMILES string of the molecule is N#Cc1cccn1CCCn1ccc(N)n1. The first kappa shape index (κ1) is 10.3. The molecule has 0 bridgehead atoms. The van der Waals surface area contributed by atoms with Gasteiger partial charge >= 0.3 is 0 Å². The Morgan fingerprint density at radius 1 is 1.31 bits per heavy atom. The highest BCUT2D eigenvalue weighted by Crippen LogP contribution is 2.03. The minimum atomic E-state index is 0.540. The normalized spacial score (nSPS) is 10.2. The van der Waals surface area contributed by atoms with Crippen LogP contribution in [0.5, 0.6) is 0 Å². The van der Waals surface area contributed by atoms with Crippen molar-refractivity contribution in [3.63, 3.8) is 0 Å². The molecule has 16 heavy (non-hydrogen) atoms. The Bertz CT molecular complexity index is 502. The van der Waals surface area contributed by atoms with E-state index in [0.717, 1.165) is 19.5 Å². The molecule has 2 heterocycles. The van der Waals surface area contributed by atoms with Gasteiger partial charge in [-0.25, -0.2) is 0 Å². The zero-order valence-corrected chi connectivity index (χ0v) is 8.87. The summed E-state index contributed by atoms with van der Waals surface area (Å²) >= 11 is 0. The molecule has 5 nitrogen and oxygen atoms in total. The molecule has 0 atom stereocenters. The Balaban J connectivity index is 1.87. The largest absolute Gasteiger partial charge is 0.382 e. The van der Waals surface area contributed by atoms with Gasteiger partial charge in [-0.05, 0) is 24.6 Å². The quantitative estimate of drug-likeness (QED) is 0.833. The lowest BCUT2D eigenvalue weighted by Crippen LogP contribution is -2.05. The summed E-state index contributed by atoms with van der Waals surface area (Å²) in [5.41, 5.74) is 6.20. The number of nitrogen functional groups attached to an aromatic ring is 1. The molecule has 2 rings (SSSR count). The zero-order chi connectivity index (χ0) is 11.4. The fourth-order valence-electron chi connectivity index (χ4n) is 1.62. The van der Waals surface area contributed by atoms with E-state index in [-0.39, 0.29) is 0 Å². The predicted molar refractivity (Wildman–Crippen MR) is 60.4 cm³/mol. The van der Waals surface area contributed by atoms with Crippen molar-refractivity contribution >= 4 is 5.82 Å². The van der Waals surface area contributed by atoms with Crippen molar-refractivity contribution < 1.29 is 0 Å². The number of anilines is 1. The second-order valence-electron chi connectivity index (χ2n) is 3.56. The summed E-state index contributed by atoms with van der Waals surface area (Å²) in [6.07, 6.45) is 4.69. The van der Waals surface area contributed by atoms with Gasteiger partial charge in [0.05, 0.1) is 0 Å². The van der Waals surface area contributed by atoms with Gasteiger partial charge in [0, 0.05) is 25.5 Å². The average Bonchev–Trinajstić information content (AvgIpc) is 2.87. The number of hydrogen-bond acceptors (Lipinski definition) is 3. The zero-order valence-electron chi connectivity index (χ0n) is 8.87. The first-order valence-electron chi connectivity index (χ1n) is 5.14. The van der Waals surface area contributed by atoms with Crippen molar-refractivity contribution in [2.24, 2.45) is 0 Å². The van der Waals surface area contributed by atoms with Gasteiger partial charge in [-0.15, -0.1) is 0 Å². The Hall–Kier alpha value is -2.22. The van der Waals surface area contributed by atoms with E-state index >= 15 is 0 Å². The molecule has 5 heteroatoms. The molecule has 0 unspecified atom stereocenters. The smallest absolute Gasteiger partial charge is 0.145 e. The van der Waals surface area contributed by atoms with E-state index < -0.39 is 0 Å². The monoisotopic (exact) mass is 215 g/mol.